The third kappa shape index (κ3) is 3.77. The van der Waals surface area contributed by atoms with E-state index in [-0.39, 0.29) is 42.4 Å². The van der Waals surface area contributed by atoms with Crippen molar-refractivity contribution >= 4 is 12.0 Å². The molecule has 1 saturated heterocycles. The van der Waals surface area contributed by atoms with Crippen LogP contribution in [0.4, 0.5) is 18.0 Å². The van der Waals surface area contributed by atoms with Crippen molar-refractivity contribution in [2.45, 2.75) is 56.9 Å². The van der Waals surface area contributed by atoms with E-state index in [4.69, 9.17) is 15.2 Å². The number of alkyl halides is 3. The van der Waals surface area contributed by atoms with E-state index in [1.54, 1.807) is 4.90 Å². The summed E-state index contributed by atoms with van der Waals surface area (Å²) in [6.07, 6.45) is 0.0617. The number of hydrogen-bond donors (Lipinski definition) is 1. The zero-order chi connectivity index (χ0) is 22.7. The van der Waals surface area contributed by atoms with Crippen molar-refractivity contribution < 1.29 is 32.2 Å². The fourth-order valence-corrected chi connectivity index (χ4v) is 6.44. The number of pyridine rings is 1. The maximum Gasteiger partial charge on any atom is 0.417 e. The lowest BCUT2D eigenvalue weighted by Gasteiger charge is -2.58. The minimum absolute atomic E-state index is 0.0935. The van der Waals surface area contributed by atoms with Gasteiger partial charge in [-0.1, -0.05) is 0 Å². The van der Waals surface area contributed by atoms with Crippen LogP contribution in [-0.2, 0) is 15.7 Å². The van der Waals surface area contributed by atoms with Gasteiger partial charge in [0.25, 0.3) is 0 Å². The fourth-order valence-electron chi connectivity index (χ4n) is 6.44. The number of halogens is 3. The van der Waals surface area contributed by atoms with Gasteiger partial charge in [-0.05, 0) is 55.9 Å². The molecule has 4 bridgehead atoms. The molecule has 1 aliphatic heterocycles. The monoisotopic (exact) mass is 453 g/mol. The Morgan fingerprint density at radius 2 is 1.88 bits per heavy atom. The molecule has 174 valence electrons. The molecule has 3 atom stereocenters. The molecule has 0 radical (unpaired) electrons. The molecule has 5 aliphatic rings. The van der Waals surface area contributed by atoms with Crippen LogP contribution in [0.25, 0.3) is 0 Å². The van der Waals surface area contributed by atoms with Crippen LogP contribution in [0, 0.1) is 23.2 Å². The lowest BCUT2D eigenvalue weighted by Crippen LogP contribution is -2.59. The Kier molecular flexibility index (Phi) is 5.01. The number of carbonyl (C=O) groups excluding carboxylic acids is 2. The highest BCUT2D eigenvalue weighted by Gasteiger charge is 2.59. The van der Waals surface area contributed by atoms with Gasteiger partial charge < -0.3 is 20.1 Å². The molecular formula is C22H26F3N3O4. The first-order chi connectivity index (χ1) is 15.1. The average Bonchev–Trinajstić information content (AvgIpc) is 3.18. The summed E-state index contributed by atoms with van der Waals surface area (Å²) in [5, 5.41) is 0. The van der Waals surface area contributed by atoms with Gasteiger partial charge in [-0.15, -0.1) is 0 Å². The second-order valence-electron chi connectivity index (χ2n) is 9.82. The zero-order valence-corrected chi connectivity index (χ0v) is 17.5. The minimum atomic E-state index is -4.45. The van der Waals surface area contributed by atoms with Crippen molar-refractivity contribution in [1.82, 2.24) is 9.88 Å². The largest absolute Gasteiger partial charge is 0.472 e. The molecule has 1 aromatic rings. The number of aromatic nitrogens is 1. The van der Waals surface area contributed by atoms with Gasteiger partial charge >= 0.3 is 12.3 Å². The number of hydrogen-bond acceptors (Lipinski definition) is 5. The molecule has 0 aromatic carbocycles. The van der Waals surface area contributed by atoms with E-state index in [1.807, 2.05) is 0 Å². The summed E-state index contributed by atoms with van der Waals surface area (Å²) in [6, 6.07) is 2.11. The van der Waals surface area contributed by atoms with Crippen molar-refractivity contribution in [1.29, 1.82) is 0 Å². The van der Waals surface area contributed by atoms with Crippen LogP contribution in [0.1, 0.15) is 44.1 Å². The molecular weight excluding hydrogens is 427 g/mol. The summed E-state index contributed by atoms with van der Waals surface area (Å²) in [6.45, 7) is 0.734. The van der Waals surface area contributed by atoms with Crippen LogP contribution in [0.5, 0.6) is 5.88 Å². The van der Waals surface area contributed by atoms with Crippen LogP contribution in [0.2, 0.25) is 0 Å². The second kappa shape index (κ2) is 7.52. The predicted octanol–water partition coefficient (Wildman–Crippen LogP) is 3.37. The lowest BCUT2D eigenvalue weighted by atomic mass is 9.48. The van der Waals surface area contributed by atoms with E-state index in [9.17, 15) is 22.8 Å². The standard InChI is InChI=1S/C22H26F3N3O4/c23-22(24,25)15-1-2-17(27-10-15)31-16-3-4-28(11-16)20(30)32-18-13-5-12-6-14(18)9-21(7-12,8-13)19(26)29/h1-2,10,12-14,16,18H,3-9,11H2,(H2,26,29)/t12?,13?,14?,16-,18?,21?/m0/s1. The van der Waals surface area contributed by atoms with E-state index in [0.717, 1.165) is 31.5 Å². The number of nitrogens with zero attached hydrogens (tertiary/aromatic N) is 2. The Balaban J connectivity index is 1.16. The smallest absolute Gasteiger partial charge is 0.417 e. The van der Waals surface area contributed by atoms with Gasteiger partial charge in [-0.25, -0.2) is 9.78 Å². The molecule has 0 spiro atoms. The summed E-state index contributed by atoms with van der Waals surface area (Å²) in [7, 11) is 0. The molecule has 4 aliphatic carbocycles. The van der Waals surface area contributed by atoms with Crippen molar-refractivity contribution in [2.24, 2.45) is 28.9 Å². The molecule has 5 fully saturated rings. The van der Waals surface area contributed by atoms with Gasteiger partial charge in [0.1, 0.15) is 12.2 Å². The highest BCUT2D eigenvalue weighted by Crippen LogP contribution is 2.60. The van der Waals surface area contributed by atoms with Crippen LogP contribution < -0.4 is 10.5 Å². The van der Waals surface area contributed by atoms with Gasteiger partial charge in [0.2, 0.25) is 11.8 Å². The van der Waals surface area contributed by atoms with Crippen molar-refractivity contribution in [3.05, 3.63) is 23.9 Å². The summed E-state index contributed by atoms with van der Waals surface area (Å²) in [5.41, 5.74) is 4.45. The Labute approximate surface area is 183 Å². The molecule has 2 amide bonds. The lowest BCUT2D eigenvalue weighted by molar-refractivity contribution is -0.161. The van der Waals surface area contributed by atoms with Crippen LogP contribution in [-0.4, -0.2) is 47.2 Å². The highest BCUT2D eigenvalue weighted by atomic mass is 19.4. The second-order valence-corrected chi connectivity index (χ2v) is 9.82. The number of ether oxygens (including phenoxy) is 2. The van der Waals surface area contributed by atoms with Gasteiger partial charge in [-0.3, -0.25) is 4.79 Å². The Bertz CT molecular complexity index is 891. The number of likely N-dealkylation sites (tertiary alicyclic amines) is 1. The first-order valence-corrected chi connectivity index (χ1v) is 11.1. The molecule has 6 rings (SSSR count). The van der Waals surface area contributed by atoms with E-state index in [0.29, 0.717) is 31.7 Å². The third-order valence-corrected chi connectivity index (χ3v) is 7.70. The number of primary amides is 1. The number of rotatable bonds is 4. The predicted molar refractivity (Wildman–Crippen MR) is 105 cm³/mol. The molecule has 2 unspecified atom stereocenters. The van der Waals surface area contributed by atoms with Crippen molar-refractivity contribution in [2.75, 3.05) is 13.1 Å². The molecule has 10 heteroatoms. The molecule has 7 nitrogen and oxygen atoms in total. The van der Waals surface area contributed by atoms with E-state index in [2.05, 4.69) is 4.98 Å². The topological polar surface area (TPSA) is 94.8 Å². The third-order valence-electron chi connectivity index (χ3n) is 7.70. The number of carbonyl (C=O) groups is 2. The van der Waals surface area contributed by atoms with E-state index < -0.39 is 23.2 Å². The number of nitrogens with two attached hydrogens (primary N) is 1. The van der Waals surface area contributed by atoms with E-state index >= 15 is 0 Å². The van der Waals surface area contributed by atoms with Gasteiger partial charge in [0, 0.05) is 25.2 Å². The fraction of sp³-hybridized carbons (Fsp3) is 0.682. The van der Waals surface area contributed by atoms with Gasteiger partial charge in [-0.2, -0.15) is 13.2 Å². The van der Waals surface area contributed by atoms with Crippen LogP contribution >= 0.6 is 0 Å². The summed E-state index contributed by atoms with van der Waals surface area (Å²) in [5.74, 6) is 0.692. The molecule has 32 heavy (non-hydrogen) atoms. The maximum atomic E-state index is 12.8. The quantitative estimate of drug-likeness (QED) is 0.754. The molecule has 2 heterocycles. The van der Waals surface area contributed by atoms with Crippen LogP contribution in [0.3, 0.4) is 0 Å². The first-order valence-electron chi connectivity index (χ1n) is 11.1. The number of amides is 2. The van der Waals surface area contributed by atoms with Crippen molar-refractivity contribution in [3.63, 3.8) is 0 Å². The Morgan fingerprint density at radius 3 is 2.47 bits per heavy atom. The average molecular weight is 453 g/mol. The Morgan fingerprint density at radius 1 is 1.16 bits per heavy atom. The van der Waals surface area contributed by atoms with Gasteiger partial charge in [0.05, 0.1) is 17.5 Å². The maximum absolute atomic E-state index is 12.8. The van der Waals surface area contributed by atoms with Gasteiger partial charge in [0.15, 0.2) is 0 Å². The SMILES string of the molecule is NC(=O)C12CC3CC(C1)C(OC(=O)N1CC[C@H](Oc4ccc(C(F)(F)F)cn4)C1)C(C3)C2. The highest BCUT2D eigenvalue weighted by molar-refractivity contribution is 5.81. The van der Waals surface area contributed by atoms with Crippen LogP contribution in [0.15, 0.2) is 18.3 Å². The molecule has 2 N–H and O–H groups in total. The summed E-state index contributed by atoms with van der Waals surface area (Å²) in [4.78, 5) is 30.2. The molecule has 1 aromatic heterocycles. The summed E-state index contributed by atoms with van der Waals surface area (Å²) >= 11 is 0. The summed E-state index contributed by atoms with van der Waals surface area (Å²) < 4.78 is 49.6. The van der Waals surface area contributed by atoms with E-state index in [1.165, 1.54) is 6.07 Å². The Hall–Kier alpha value is -2.52. The normalized spacial score (nSPS) is 35.7. The zero-order valence-electron chi connectivity index (χ0n) is 17.5. The molecule has 4 saturated carbocycles. The first kappa shape index (κ1) is 21.3. The van der Waals surface area contributed by atoms with Crippen molar-refractivity contribution in [3.8, 4) is 5.88 Å². The minimum Gasteiger partial charge on any atom is -0.472 e.